The van der Waals surface area contributed by atoms with Crippen molar-refractivity contribution in [2.24, 2.45) is 0 Å². The topological polar surface area (TPSA) is 21.1 Å². The number of para-hydroxylation sites is 2. The smallest absolute Gasteiger partial charge is 0.111 e. The standard InChI is InChI=1S/C17H24ClN3/c1-14(20-11-5-2-6-12-20)13-21-16-8-4-3-7-15(16)19-17(21)9-10-18/h3-4,7-8,14H,2,5-6,9-13H2,1H3. The molecule has 1 fully saturated rings. The van der Waals surface area contributed by atoms with E-state index in [1.807, 2.05) is 0 Å². The van der Waals surface area contributed by atoms with Gasteiger partial charge in [0.2, 0.25) is 0 Å². The van der Waals surface area contributed by atoms with Gasteiger partial charge in [-0.15, -0.1) is 11.6 Å². The highest BCUT2D eigenvalue weighted by Crippen LogP contribution is 2.20. The van der Waals surface area contributed by atoms with E-state index in [1.165, 1.54) is 37.9 Å². The number of benzene rings is 1. The third-order valence-corrected chi connectivity index (χ3v) is 4.70. The van der Waals surface area contributed by atoms with Crippen LogP contribution in [-0.4, -0.2) is 39.5 Å². The molecule has 3 rings (SSSR count). The van der Waals surface area contributed by atoms with Crippen LogP contribution < -0.4 is 0 Å². The summed E-state index contributed by atoms with van der Waals surface area (Å²) in [4.78, 5) is 7.37. The quantitative estimate of drug-likeness (QED) is 0.786. The van der Waals surface area contributed by atoms with Gasteiger partial charge in [0.1, 0.15) is 5.82 Å². The predicted octanol–water partition coefficient (Wildman–Crippen LogP) is 3.69. The van der Waals surface area contributed by atoms with Gasteiger partial charge in [-0.1, -0.05) is 18.6 Å². The monoisotopic (exact) mass is 305 g/mol. The summed E-state index contributed by atoms with van der Waals surface area (Å²) in [5, 5.41) is 0. The fraction of sp³-hybridized carbons (Fsp3) is 0.588. The number of alkyl halides is 1. The summed E-state index contributed by atoms with van der Waals surface area (Å²) in [6.45, 7) is 5.81. The minimum atomic E-state index is 0.553. The molecule has 0 spiro atoms. The molecule has 1 saturated heterocycles. The fourth-order valence-corrected chi connectivity index (χ4v) is 3.51. The van der Waals surface area contributed by atoms with E-state index < -0.39 is 0 Å². The van der Waals surface area contributed by atoms with Crippen molar-refractivity contribution >= 4 is 22.6 Å². The highest BCUT2D eigenvalue weighted by molar-refractivity contribution is 6.17. The van der Waals surface area contributed by atoms with E-state index in [0.29, 0.717) is 11.9 Å². The van der Waals surface area contributed by atoms with Gasteiger partial charge in [0.15, 0.2) is 0 Å². The van der Waals surface area contributed by atoms with Crippen LogP contribution in [0.15, 0.2) is 24.3 Å². The number of aromatic nitrogens is 2. The average Bonchev–Trinajstić information content (AvgIpc) is 2.86. The number of rotatable bonds is 5. The lowest BCUT2D eigenvalue weighted by atomic mass is 10.1. The van der Waals surface area contributed by atoms with Crippen LogP contribution in [0.4, 0.5) is 0 Å². The molecule has 3 nitrogen and oxygen atoms in total. The molecule has 0 amide bonds. The fourth-order valence-electron chi connectivity index (χ4n) is 3.34. The van der Waals surface area contributed by atoms with E-state index >= 15 is 0 Å². The number of aryl methyl sites for hydroxylation is 1. The third-order valence-electron chi connectivity index (χ3n) is 4.51. The number of hydrogen-bond donors (Lipinski definition) is 0. The maximum Gasteiger partial charge on any atom is 0.111 e. The van der Waals surface area contributed by atoms with E-state index in [4.69, 9.17) is 16.6 Å². The van der Waals surface area contributed by atoms with Gasteiger partial charge in [-0.25, -0.2) is 4.98 Å². The van der Waals surface area contributed by atoms with Gasteiger partial charge in [-0.2, -0.15) is 0 Å². The van der Waals surface area contributed by atoms with Crippen LogP contribution in [0.5, 0.6) is 0 Å². The van der Waals surface area contributed by atoms with Crippen molar-refractivity contribution in [2.75, 3.05) is 19.0 Å². The van der Waals surface area contributed by atoms with Gasteiger partial charge in [0.25, 0.3) is 0 Å². The van der Waals surface area contributed by atoms with Gasteiger partial charge in [0, 0.05) is 24.9 Å². The Morgan fingerprint density at radius 1 is 1.19 bits per heavy atom. The molecule has 1 aliphatic heterocycles. The third kappa shape index (κ3) is 3.24. The van der Waals surface area contributed by atoms with Crippen molar-refractivity contribution in [3.05, 3.63) is 30.1 Å². The van der Waals surface area contributed by atoms with E-state index in [1.54, 1.807) is 0 Å². The molecule has 4 heteroatoms. The van der Waals surface area contributed by atoms with Crippen LogP contribution in [0, 0.1) is 0 Å². The molecule has 1 unspecified atom stereocenters. The molecule has 0 aliphatic carbocycles. The molecule has 114 valence electrons. The highest BCUT2D eigenvalue weighted by atomic mass is 35.5. The van der Waals surface area contributed by atoms with Crippen molar-refractivity contribution < 1.29 is 0 Å². The predicted molar refractivity (Wildman–Crippen MR) is 89.0 cm³/mol. The van der Waals surface area contributed by atoms with Crippen LogP contribution in [0.2, 0.25) is 0 Å². The maximum absolute atomic E-state index is 5.96. The Labute approximate surface area is 131 Å². The largest absolute Gasteiger partial charge is 0.326 e. The van der Waals surface area contributed by atoms with E-state index in [0.717, 1.165) is 24.3 Å². The molecular weight excluding hydrogens is 282 g/mol. The Hall–Kier alpha value is -1.06. The molecule has 1 aromatic carbocycles. The lowest BCUT2D eigenvalue weighted by molar-refractivity contribution is 0.160. The molecule has 0 radical (unpaired) electrons. The molecule has 2 heterocycles. The summed E-state index contributed by atoms with van der Waals surface area (Å²) in [6, 6.07) is 8.96. The zero-order valence-corrected chi connectivity index (χ0v) is 13.5. The van der Waals surface area contributed by atoms with Gasteiger partial charge < -0.3 is 4.57 Å². The Morgan fingerprint density at radius 2 is 1.95 bits per heavy atom. The number of halogens is 1. The van der Waals surface area contributed by atoms with Crippen molar-refractivity contribution in [3.8, 4) is 0 Å². The second kappa shape index (κ2) is 6.80. The van der Waals surface area contributed by atoms with Gasteiger partial charge in [-0.3, -0.25) is 4.90 Å². The molecule has 2 aromatic rings. The Bertz CT molecular complexity index is 587. The van der Waals surface area contributed by atoms with E-state index in [2.05, 4.69) is 40.7 Å². The first-order valence-corrected chi connectivity index (χ1v) is 8.57. The van der Waals surface area contributed by atoms with Crippen molar-refractivity contribution in [2.45, 2.75) is 45.2 Å². The van der Waals surface area contributed by atoms with E-state index in [9.17, 15) is 0 Å². The van der Waals surface area contributed by atoms with Gasteiger partial charge >= 0.3 is 0 Å². The number of likely N-dealkylation sites (tertiary alicyclic amines) is 1. The second-order valence-corrected chi connectivity index (χ2v) is 6.39. The molecule has 1 atom stereocenters. The van der Waals surface area contributed by atoms with Crippen molar-refractivity contribution in [1.82, 2.24) is 14.5 Å². The molecule has 21 heavy (non-hydrogen) atoms. The first-order valence-electron chi connectivity index (χ1n) is 8.04. The van der Waals surface area contributed by atoms with Crippen molar-refractivity contribution in [1.29, 1.82) is 0 Å². The van der Waals surface area contributed by atoms with Crippen LogP contribution in [-0.2, 0) is 13.0 Å². The normalized spacial score (nSPS) is 18.2. The Balaban J connectivity index is 1.85. The number of hydrogen-bond acceptors (Lipinski definition) is 2. The lowest BCUT2D eigenvalue weighted by Crippen LogP contribution is -2.40. The number of imidazole rings is 1. The van der Waals surface area contributed by atoms with Gasteiger partial charge in [-0.05, 0) is 45.0 Å². The number of piperidine rings is 1. The minimum Gasteiger partial charge on any atom is -0.326 e. The summed E-state index contributed by atoms with van der Waals surface area (Å²) in [6.07, 6.45) is 4.89. The van der Waals surface area contributed by atoms with Crippen LogP contribution in [0.3, 0.4) is 0 Å². The summed E-state index contributed by atoms with van der Waals surface area (Å²) in [5.74, 6) is 1.75. The first-order chi connectivity index (χ1) is 10.3. The first kappa shape index (κ1) is 14.9. The lowest BCUT2D eigenvalue weighted by Gasteiger charge is -2.33. The second-order valence-electron chi connectivity index (χ2n) is 6.01. The number of fused-ring (bicyclic) bond motifs is 1. The van der Waals surface area contributed by atoms with Crippen LogP contribution in [0.1, 0.15) is 32.0 Å². The molecule has 0 saturated carbocycles. The minimum absolute atomic E-state index is 0.553. The Kier molecular flexibility index (Phi) is 4.81. The van der Waals surface area contributed by atoms with Crippen LogP contribution >= 0.6 is 11.6 Å². The van der Waals surface area contributed by atoms with Gasteiger partial charge in [0.05, 0.1) is 11.0 Å². The summed E-state index contributed by atoms with van der Waals surface area (Å²) >= 11 is 5.96. The number of nitrogens with zero attached hydrogens (tertiary/aromatic N) is 3. The maximum atomic E-state index is 5.96. The zero-order valence-electron chi connectivity index (χ0n) is 12.8. The molecule has 1 aromatic heterocycles. The summed E-state index contributed by atoms with van der Waals surface area (Å²) < 4.78 is 2.37. The summed E-state index contributed by atoms with van der Waals surface area (Å²) in [7, 11) is 0. The zero-order chi connectivity index (χ0) is 14.7. The molecular formula is C17H24ClN3. The SMILES string of the molecule is CC(Cn1c(CCCl)nc2ccccc21)N1CCCCC1. The van der Waals surface area contributed by atoms with Crippen molar-refractivity contribution in [3.63, 3.8) is 0 Å². The highest BCUT2D eigenvalue weighted by Gasteiger charge is 2.19. The molecule has 0 N–H and O–H groups in total. The molecule has 0 bridgehead atoms. The summed E-state index contributed by atoms with van der Waals surface area (Å²) in [5.41, 5.74) is 2.32. The van der Waals surface area contributed by atoms with Crippen LogP contribution in [0.25, 0.3) is 11.0 Å². The average molecular weight is 306 g/mol. The Morgan fingerprint density at radius 3 is 2.71 bits per heavy atom. The molecule has 1 aliphatic rings. The van der Waals surface area contributed by atoms with E-state index in [-0.39, 0.29) is 0 Å².